The number of aromatic carboxylic acids is 1. The largest absolute Gasteiger partial charge is 0.490 e. The van der Waals surface area contributed by atoms with Crippen LogP contribution in [0.2, 0.25) is 0 Å². The van der Waals surface area contributed by atoms with Gasteiger partial charge in [0.1, 0.15) is 24.1 Å². The zero-order valence-corrected chi connectivity index (χ0v) is 39.0. The van der Waals surface area contributed by atoms with Crippen molar-refractivity contribution in [2.75, 3.05) is 56.6 Å². The summed E-state index contributed by atoms with van der Waals surface area (Å²) < 4.78 is 59.3. The average molecular weight is 997 g/mol. The van der Waals surface area contributed by atoms with Crippen molar-refractivity contribution in [2.45, 2.75) is 64.5 Å². The summed E-state index contributed by atoms with van der Waals surface area (Å²) in [5.41, 5.74) is 15.8. The molecule has 68 heavy (non-hydrogen) atoms. The number of rotatable bonds is 14. The lowest BCUT2D eigenvalue weighted by atomic mass is 9.75. The van der Waals surface area contributed by atoms with Crippen LogP contribution in [-0.4, -0.2) is 96.9 Å². The van der Waals surface area contributed by atoms with Crippen LogP contribution < -0.4 is 26.4 Å². The molecule has 0 bridgehead atoms. The minimum absolute atomic E-state index is 0.0594. The van der Waals surface area contributed by atoms with E-state index in [9.17, 15) is 43.0 Å². The van der Waals surface area contributed by atoms with Crippen LogP contribution in [0.4, 0.5) is 11.5 Å². The van der Waals surface area contributed by atoms with Gasteiger partial charge in [-0.3, -0.25) is 13.9 Å². The molecule has 3 aromatic rings. The normalized spacial score (nSPS) is 19.1. The number of hydrogen-bond donors (Lipinski definition) is 7. The first-order chi connectivity index (χ1) is 32.4. The summed E-state index contributed by atoms with van der Waals surface area (Å²) in [5.74, 6) is 5.23. The smallest absolute Gasteiger partial charge is 0.478 e. The molecule has 1 aliphatic carbocycles. The number of phosphoric ester groups is 1. The maximum atomic E-state index is 13.9. The van der Waals surface area contributed by atoms with Gasteiger partial charge in [0, 0.05) is 83.6 Å². The van der Waals surface area contributed by atoms with Gasteiger partial charge in [0.15, 0.2) is 0 Å². The summed E-state index contributed by atoms with van der Waals surface area (Å²) in [4.78, 5) is 84.3. The summed E-state index contributed by atoms with van der Waals surface area (Å²) in [7, 11) is -16.6. The molecule has 1 amide bonds. The molecule has 2 atom stereocenters. The summed E-state index contributed by atoms with van der Waals surface area (Å²) in [6, 6.07) is 6.77. The highest BCUT2D eigenvalue weighted by Crippen LogP contribution is 2.66. The van der Waals surface area contributed by atoms with Gasteiger partial charge in [-0.05, 0) is 92.3 Å². The Hall–Kier alpha value is -5.39. The topological polar surface area (TPSA) is 312 Å². The molecule has 1 aromatic heterocycles. The highest BCUT2D eigenvalue weighted by molar-refractivity contribution is 7.66. The first kappa shape index (κ1) is 47.7. The molecule has 22 nitrogen and oxygen atoms in total. The van der Waals surface area contributed by atoms with Crippen LogP contribution in [0.3, 0.4) is 0 Å². The van der Waals surface area contributed by atoms with Gasteiger partial charge >= 0.3 is 35.1 Å². The van der Waals surface area contributed by atoms with Crippen molar-refractivity contribution >= 4 is 52.4 Å². The van der Waals surface area contributed by atoms with Crippen molar-refractivity contribution in [3.05, 3.63) is 108 Å². The summed E-state index contributed by atoms with van der Waals surface area (Å²) in [6.45, 7) is 1.98. The molecule has 2 aromatic carbocycles. The van der Waals surface area contributed by atoms with E-state index in [1.807, 2.05) is 0 Å². The molecule has 6 heterocycles. The van der Waals surface area contributed by atoms with E-state index in [2.05, 4.69) is 51.2 Å². The van der Waals surface area contributed by atoms with E-state index in [0.29, 0.717) is 12.0 Å². The number of carbonyl (C=O) groups excluding carboxylic acids is 1. The summed E-state index contributed by atoms with van der Waals surface area (Å²) >= 11 is 0. The molecular formula is C43H47N6O16P3. The second kappa shape index (κ2) is 18.8. The van der Waals surface area contributed by atoms with Crippen molar-refractivity contribution in [1.29, 1.82) is 0 Å². The third-order valence-electron chi connectivity index (χ3n) is 12.4. The first-order valence-corrected chi connectivity index (χ1v) is 26.3. The van der Waals surface area contributed by atoms with Crippen molar-refractivity contribution in [3.8, 4) is 17.6 Å². The number of nitrogens with two attached hydrogens (primary N) is 1. The minimum Gasteiger partial charge on any atom is -0.478 e. The van der Waals surface area contributed by atoms with Crippen molar-refractivity contribution in [3.63, 3.8) is 0 Å². The number of nitrogen functional groups attached to an aromatic ring is 1. The van der Waals surface area contributed by atoms with Gasteiger partial charge in [0.05, 0.1) is 30.9 Å². The number of allylic oxidation sites excluding steroid dienone is 3. The number of piperidine rings is 1. The molecule has 6 aliphatic rings. The van der Waals surface area contributed by atoms with Gasteiger partial charge in [0.2, 0.25) is 0 Å². The number of ether oxygens (including phenoxy) is 2. The molecule has 0 saturated carbocycles. The third kappa shape index (κ3) is 9.88. The van der Waals surface area contributed by atoms with E-state index in [-0.39, 0.29) is 29.1 Å². The molecule has 9 rings (SSSR count). The van der Waals surface area contributed by atoms with Gasteiger partial charge in [-0.15, -0.1) is 0 Å². The molecule has 1 saturated heterocycles. The van der Waals surface area contributed by atoms with Crippen LogP contribution in [-0.2, 0) is 51.1 Å². The highest BCUT2D eigenvalue weighted by atomic mass is 31.3. The molecule has 1 fully saturated rings. The van der Waals surface area contributed by atoms with Crippen LogP contribution in [0.25, 0.3) is 5.57 Å². The molecular weight excluding hydrogens is 949 g/mol. The summed E-state index contributed by atoms with van der Waals surface area (Å²) in [6.07, 6.45) is 9.35. The van der Waals surface area contributed by atoms with Crippen LogP contribution in [0.5, 0.6) is 5.75 Å². The summed E-state index contributed by atoms with van der Waals surface area (Å²) in [5, 5.41) is 13.5. The quantitative estimate of drug-likeness (QED) is 0.0672. The lowest BCUT2D eigenvalue weighted by Crippen LogP contribution is -2.38. The van der Waals surface area contributed by atoms with E-state index in [1.165, 1.54) is 46.4 Å². The fraction of sp³-hybridized carbons (Fsp3) is 0.395. The Labute approximate surface area is 388 Å². The molecule has 5 aliphatic heterocycles. The Morgan fingerprint density at radius 2 is 1.62 bits per heavy atom. The monoisotopic (exact) mass is 996 g/mol. The number of anilines is 2. The number of aryl methyl sites for hydroxylation is 1. The van der Waals surface area contributed by atoms with E-state index >= 15 is 0 Å². The van der Waals surface area contributed by atoms with Gasteiger partial charge < -0.3 is 55.0 Å². The lowest BCUT2D eigenvalue weighted by Gasteiger charge is -2.45. The minimum atomic E-state index is -5.70. The van der Waals surface area contributed by atoms with Crippen LogP contribution in [0.1, 0.15) is 93.5 Å². The number of amides is 1. The zero-order chi connectivity index (χ0) is 48.1. The number of hydrogen-bond acceptors (Lipinski definition) is 15. The lowest BCUT2D eigenvalue weighted by molar-refractivity contribution is 0.0433. The number of carboxylic acids is 1. The Balaban J connectivity index is 0.948. The standard InChI is InChI=1S/C43H47N6O16P3/c44-40-28(23-49(43(53)46-40)24-61-18-19-62-67(57,58)65-68(59,60)64-66(54,55)56)6-1-13-45-41(50)27-11-12-29(42(51)52)32(22-27)35-33-20-25-7-2-14-47-16-4-9-30(36(25)47)38(33)63-39-31-10-5-17-48-15-3-8-26(37(31)48)21-34(35)39/h11-12,20,22-23H,2-5,7-10,13-19,21,24H2,(H,45,50)(H,51,52)(H,57,58)(H,59,60)(H2,44,46,53)(H2,54,55,56). The van der Waals surface area contributed by atoms with E-state index in [1.54, 1.807) is 6.07 Å². The molecule has 2 unspecified atom stereocenters. The van der Waals surface area contributed by atoms with Gasteiger partial charge in [-0.25, -0.2) is 23.3 Å². The predicted molar refractivity (Wildman–Crippen MR) is 242 cm³/mol. The Bertz CT molecular complexity index is 3020. The second-order valence-electron chi connectivity index (χ2n) is 16.8. The second-order valence-corrected chi connectivity index (χ2v) is 21.2. The van der Waals surface area contributed by atoms with Crippen LogP contribution in [0, 0.1) is 11.8 Å². The number of carbonyl (C=O) groups is 2. The zero-order valence-electron chi connectivity index (χ0n) is 36.3. The molecule has 360 valence electrons. The predicted octanol–water partition coefficient (Wildman–Crippen LogP) is 4.32. The van der Waals surface area contributed by atoms with Crippen LogP contribution in [0.15, 0.2) is 63.4 Å². The number of nitrogens with one attached hydrogen (secondary N) is 1. The van der Waals surface area contributed by atoms with Crippen molar-refractivity contribution < 1.29 is 70.6 Å². The van der Waals surface area contributed by atoms with Crippen LogP contribution >= 0.6 is 23.5 Å². The number of carboxylic acid groups (broad SMARTS) is 1. The Morgan fingerprint density at radius 3 is 2.38 bits per heavy atom. The first-order valence-electron chi connectivity index (χ1n) is 21.8. The van der Waals surface area contributed by atoms with E-state index in [4.69, 9.17) is 25.0 Å². The average Bonchev–Trinajstić information content (AvgIpc) is 3.27. The maximum absolute atomic E-state index is 13.9. The maximum Gasteiger partial charge on any atom is 0.490 e. The number of phosphoric acid groups is 3. The highest BCUT2D eigenvalue weighted by Gasteiger charge is 2.43. The molecule has 8 N–H and O–H groups in total. The Morgan fingerprint density at radius 1 is 0.882 bits per heavy atom. The fourth-order valence-corrected chi connectivity index (χ4v) is 12.8. The molecule has 0 radical (unpaired) electrons. The van der Waals surface area contributed by atoms with Gasteiger partial charge in [-0.1, -0.05) is 11.8 Å². The number of aromatic nitrogens is 2. The number of fused-ring (bicyclic) bond motifs is 3. The van der Waals surface area contributed by atoms with Crippen molar-refractivity contribution in [2.24, 2.45) is 0 Å². The Kier molecular flexibility index (Phi) is 13.2. The molecule has 25 heteroatoms. The van der Waals surface area contributed by atoms with E-state index < -0.39 is 61.0 Å². The molecule has 0 spiro atoms. The van der Waals surface area contributed by atoms with Gasteiger partial charge in [-0.2, -0.15) is 13.6 Å². The number of nitrogens with zero attached hydrogens (tertiary/aromatic N) is 4. The van der Waals surface area contributed by atoms with Crippen molar-refractivity contribution in [1.82, 2.24) is 19.8 Å². The fourth-order valence-electron chi connectivity index (χ4n) is 9.85. The van der Waals surface area contributed by atoms with E-state index in [0.717, 1.165) is 116 Å². The third-order valence-corrected chi connectivity index (χ3v) is 16.2. The number of benzene rings is 2. The SMILES string of the molecule is Nc1nc(=O)n(COCCOP(=O)(O)OP(=O)(O)OP(=O)(O)O)cc1C#CCNC(=O)c1ccc(C(=O)O)c(C2=C3CC4=C5C(=C3Oc3c2cc2c6c3CCCN6CCC2)CCCN5CCC4)c1. The van der Waals surface area contributed by atoms with Gasteiger partial charge in [0.25, 0.3) is 5.91 Å².